The lowest BCUT2D eigenvalue weighted by molar-refractivity contribution is 0.470. The standard InChI is InChI=1S/C21H16N4O/c26-19-12-5-4-9-17(19)10-6-11-18-20-21(23-14-22-18)25(15-24-20)13-16-7-2-1-3-8-16/h1-5,7-9,12,14-15,26H,10,13H2. The van der Waals surface area contributed by atoms with Gasteiger partial charge in [0.1, 0.15) is 23.3 Å². The Morgan fingerprint density at radius 3 is 2.58 bits per heavy atom. The van der Waals surface area contributed by atoms with Gasteiger partial charge >= 0.3 is 0 Å². The van der Waals surface area contributed by atoms with E-state index >= 15 is 0 Å². The number of rotatable bonds is 3. The number of phenolic OH excluding ortho intramolecular Hbond substituents is 1. The Labute approximate surface area is 151 Å². The van der Waals surface area contributed by atoms with Crippen molar-refractivity contribution in [1.29, 1.82) is 0 Å². The molecule has 0 atom stereocenters. The maximum atomic E-state index is 9.81. The Balaban J connectivity index is 1.61. The minimum atomic E-state index is 0.252. The molecule has 4 rings (SSSR count). The van der Waals surface area contributed by atoms with Crippen LogP contribution >= 0.6 is 0 Å². The second-order valence-corrected chi connectivity index (χ2v) is 5.86. The molecule has 0 amide bonds. The topological polar surface area (TPSA) is 63.8 Å². The first kappa shape index (κ1) is 15.9. The van der Waals surface area contributed by atoms with Gasteiger partial charge in [0, 0.05) is 12.0 Å². The summed E-state index contributed by atoms with van der Waals surface area (Å²) in [4.78, 5) is 13.1. The largest absolute Gasteiger partial charge is 0.508 e. The molecule has 2 aromatic carbocycles. The van der Waals surface area contributed by atoms with Gasteiger partial charge in [0.25, 0.3) is 0 Å². The Bertz CT molecular complexity index is 1110. The predicted molar refractivity (Wildman–Crippen MR) is 99.6 cm³/mol. The molecule has 126 valence electrons. The molecule has 0 aliphatic heterocycles. The van der Waals surface area contributed by atoms with Gasteiger partial charge in [-0.1, -0.05) is 54.5 Å². The van der Waals surface area contributed by atoms with Gasteiger partial charge in [-0.2, -0.15) is 0 Å². The molecule has 0 bridgehead atoms. The average Bonchev–Trinajstić information content (AvgIpc) is 3.08. The number of benzene rings is 2. The van der Waals surface area contributed by atoms with E-state index in [0.29, 0.717) is 24.2 Å². The van der Waals surface area contributed by atoms with E-state index in [1.165, 1.54) is 11.9 Å². The summed E-state index contributed by atoms with van der Waals surface area (Å²) in [6, 6.07) is 17.3. The van der Waals surface area contributed by atoms with E-state index in [0.717, 1.165) is 11.2 Å². The molecule has 0 unspecified atom stereocenters. The zero-order chi connectivity index (χ0) is 17.8. The van der Waals surface area contributed by atoms with Crippen LogP contribution in [0.25, 0.3) is 11.2 Å². The van der Waals surface area contributed by atoms with Gasteiger partial charge in [0.2, 0.25) is 0 Å². The van der Waals surface area contributed by atoms with Crippen molar-refractivity contribution < 1.29 is 5.11 Å². The Morgan fingerprint density at radius 2 is 1.73 bits per heavy atom. The number of aromatic hydroxyl groups is 1. The molecular weight excluding hydrogens is 324 g/mol. The number of fused-ring (bicyclic) bond motifs is 1. The molecule has 5 heteroatoms. The number of hydrogen-bond donors (Lipinski definition) is 1. The van der Waals surface area contributed by atoms with Gasteiger partial charge in [-0.25, -0.2) is 15.0 Å². The normalized spacial score (nSPS) is 10.5. The summed E-state index contributed by atoms with van der Waals surface area (Å²) < 4.78 is 1.99. The smallest absolute Gasteiger partial charge is 0.164 e. The van der Waals surface area contributed by atoms with Crippen molar-refractivity contribution in [2.45, 2.75) is 13.0 Å². The second-order valence-electron chi connectivity index (χ2n) is 5.86. The molecule has 1 N–H and O–H groups in total. The Kier molecular flexibility index (Phi) is 4.31. The number of phenols is 1. The number of nitrogens with zero attached hydrogens (tertiary/aromatic N) is 4. The molecule has 2 heterocycles. The molecule has 5 nitrogen and oxygen atoms in total. The van der Waals surface area contributed by atoms with Gasteiger partial charge in [0.15, 0.2) is 5.65 Å². The fourth-order valence-corrected chi connectivity index (χ4v) is 2.75. The van der Waals surface area contributed by atoms with Crippen molar-refractivity contribution >= 4 is 11.2 Å². The van der Waals surface area contributed by atoms with Crippen LogP contribution < -0.4 is 0 Å². The maximum Gasteiger partial charge on any atom is 0.164 e. The van der Waals surface area contributed by atoms with Crippen molar-refractivity contribution in [1.82, 2.24) is 19.5 Å². The third-order valence-corrected chi connectivity index (χ3v) is 4.07. The van der Waals surface area contributed by atoms with Crippen LogP contribution in [0.5, 0.6) is 5.75 Å². The third kappa shape index (κ3) is 3.26. The van der Waals surface area contributed by atoms with E-state index in [1.807, 2.05) is 34.9 Å². The molecule has 26 heavy (non-hydrogen) atoms. The van der Waals surface area contributed by atoms with Crippen molar-refractivity contribution in [3.05, 3.63) is 84.1 Å². The van der Waals surface area contributed by atoms with E-state index in [1.54, 1.807) is 18.5 Å². The maximum absolute atomic E-state index is 9.81. The first-order valence-electron chi connectivity index (χ1n) is 8.27. The predicted octanol–water partition coefficient (Wildman–Crippen LogP) is 3.17. The van der Waals surface area contributed by atoms with E-state index in [-0.39, 0.29) is 5.75 Å². The summed E-state index contributed by atoms with van der Waals surface area (Å²) >= 11 is 0. The Hall–Kier alpha value is -3.65. The number of imidazole rings is 1. The molecule has 0 fully saturated rings. The van der Waals surface area contributed by atoms with Crippen LogP contribution in [-0.2, 0) is 13.0 Å². The number of aromatic nitrogens is 4. The zero-order valence-electron chi connectivity index (χ0n) is 14.0. The summed E-state index contributed by atoms with van der Waals surface area (Å²) in [7, 11) is 0. The lowest BCUT2D eigenvalue weighted by Crippen LogP contribution is -1.99. The fraction of sp³-hybridized carbons (Fsp3) is 0.0952. The first-order chi connectivity index (χ1) is 12.8. The van der Waals surface area contributed by atoms with Gasteiger partial charge in [-0.05, 0) is 17.6 Å². The van der Waals surface area contributed by atoms with Crippen LogP contribution in [-0.4, -0.2) is 24.6 Å². The molecule has 4 aromatic rings. The minimum Gasteiger partial charge on any atom is -0.508 e. The summed E-state index contributed by atoms with van der Waals surface area (Å²) in [6.45, 7) is 0.694. The Morgan fingerprint density at radius 1 is 0.923 bits per heavy atom. The van der Waals surface area contributed by atoms with Crippen LogP contribution in [0.15, 0.2) is 67.3 Å². The number of hydrogen-bond acceptors (Lipinski definition) is 4. The van der Waals surface area contributed by atoms with E-state index in [4.69, 9.17) is 0 Å². The van der Waals surface area contributed by atoms with Crippen molar-refractivity contribution in [3.8, 4) is 17.6 Å². The second kappa shape index (κ2) is 7.08. The molecule has 0 radical (unpaired) electrons. The quantitative estimate of drug-likeness (QED) is 0.582. The number of para-hydroxylation sites is 1. The minimum absolute atomic E-state index is 0.252. The highest BCUT2D eigenvalue weighted by atomic mass is 16.3. The van der Waals surface area contributed by atoms with E-state index < -0.39 is 0 Å². The van der Waals surface area contributed by atoms with Gasteiger partial charge in [-0.15, -0.1) is 0 Å². The highest BCUT2D eigenvalue weighted by molar-refractivity contribution is 5.76. The highest BCUT2D eigenvalue weighted by Gasteiger charge is 2.09. The van der Waals surface area contributed by atoms with Crippen LogP contribution in [0, 0.1) is 11.8 Å². The summed E-state index contributed by atoms with van der Waals surface area (Å²) in [5.74, 6) is 6.36. The highest BCUT2D eigenvalue weighted by Crippen LogP contribution is 2.16. The summed E-state index contributed by atoms with van der Waals surface area (Å²) in [5, 5.41) is 9.81. The lowest BCUT2D eigenvalue weighted by Gasteiger charge is -2.03. The van der Waals surface area contributed by atoms with Crippen molar-refractivity contribution in [2.75, 3.05) is 0 Å². The zero-order valence-corrected chi connectivity index (χ0v) is 14.0. The van der Waals surface area contributed by atoms with Crippen molar-refractivity contribution in [3.63, 3.8) is 0 Å². The van der Waals surface area contributed by atoms with Gasteiger partial charge in [-0.3, -0.25) is 0 Å². The summed E-state index contributed by atoms with van der Waals surface area (Å²) in [5.41, 5.74) is 4.01. The molecule has 0 aliphatic rings. The van der Waals surface area contributed by atoms with Crippen LogP contribution in [0.4, 0.5) is 0 Å². The average molecular weight is 340 g/mol. The van der Waals surface area contributed by atoms with E-state index in [2.05, 4.69) is 38.9 Å². The van der Waals surface area contributed by atoms with Crippen molar-refractivity contribution in [2.24, 2.45) is 0 Å². The molecule has 0 saturated heterocycles. The van der Waals surface area contributed by atoms with Crippen LogP contribution in [0.3, 0.4) is 0 Å². The fourth-order valence-electron chi connectivity index (χ4n) is 2.75. The third-order valence-electron chi connectivity index (χ3n) is 4.07. The SMILES string of the molecule is Oc1ccccc1CC#Cc1ncnc2c1ncn2Cc1ccccc1. The van der Waals surface area contributed by atoms with Crippen LogP contribution in [0.1, 0.15) is 16.8 Å². The van der Waals surface area contributed by atoms with Gasteiger partial charge < -0.3 is 9.67 Å². The molecule has 0 aliphatic carbocycles. The molecule has 0 saturated carbocycles. The lowest BCUT2D eigenvalue weighted by atomic mass is 10.1. The van der Waals surface area contributed by atoms with E-state index in [9.17, 15) is 5.11 Å². The van der Waals surface area contributed by atoms with Gasteiger partial charge in [0.05, 0.1) is 12.9 Å². The van der Waals surface area contributed by atoms with Crippen LogP contribution in [0.2, 0.25) is 0 Å². The first-order valence-corrected chi connectivity index (χ1v) is 8.27. The molecule has 0 spiro atoms. The molecular formula is C21H16N4O. The summed E-state index contributed by atoms with van der Waals surface area (Å²) in [6.07, 6.45) is 3.72. The monoisotopic (exact) mass is 340 g/mol. The molecule has 2 aromatic heterocycles.